The molecular weight excluding hydrogens is 234 g/mol. The quantitative estimate of drug-likeness (QED) is 0.831. The van der Waals surface area contributed by atoms with Crippen molar-refractivity contribution in [1.82, 2.24) is 5.32 Å². The van der Waals surface area contributed by atoms with E-state index in [2.05, 4.69) is 60.8 Å². The van der Waals surface area contributed by atoms with Crippen LogP contribution in [0.25, 0.3) is 0 Å². The van der Waals surface area contributed by atoms with Gasteiger partial charge in [0.05, 0.1) is 6.61 Å². The SMILES string of the molecule is C[C@@H](c1ccccc1)[C@H](NCCO)c1ccccc1. The third-order valence-corrected chi connectivity index (χ3v) is 3.46. The van der Waals surface area contributed by atoms with Gasteiger partial charge in [0.1, 0.15) is 0 Å². The number of hydrogen-bond acceptors (Lipinski definition) is 2. The Bertz CT molecular complexity index is 469. The summed E-state index contributed by atoms with van der Waals surface area (Å²) in [4.78, 5) is 0. The highest BCUT2D eigenvalue weighted by Gasteiger charge is 2.19. The van der Waals surface area contributed by atoms with Crippen molar-refractivity contribution < 1.29 is 5.11 Å². The number of nitrogens with one attached hydrogen (secondary N) is 1. The molecule has 0 aliphatic rings. The van der Waals surface area contributed by atoms with Crippen molar-refractivity contribution in [2.24, 2.45) is 0 Å². The molecule has 0 aliphatic heterocycles. The molecule has 0 aliphatic carbocycles. The number of benzene rings is 2. The molecule has 0 amide bonds. The van der Waals surface area contributed by atoms with Crippen molar-refractivity contribution in [2.45, 2.75) is 18.9 Å². The Morgan fingerprint density at radius 3 is 1.95 bits per heavy atom. The fourth-order valence-electron chi connectivity index (χ4n) is 2.41. The maximum Gasteiger partial charge on any atom is 0.0556 e. The van der Waals surface area contributed by atoms with E-state index in [1.807, 2.05) is 12.1 Å². The summed E-state index contributed by atoms with van der Waals surface area (Å²) in [7, 11) is 0. The Labute approximate surface area is 115 Å². The van der Waals surface area contributed by atoms with Gasteiger partial charge in [0.2, 0.25) is 0 Å². The van der Waals surface area contributed by atoms with Crippen LogP contribution in [0.1, 0.15) is 30.0 Å². The molecule has 2 heteroatoms. The largest absolute Gasteiger partial charge is 0.395 e. The summed E-state index contributed by atoms with van der Waals surface area (Å²) in [6.45, 7) is 2.99. The van der Waals surface area contributed by atoms with Gasteiger partial charge in [-0.1, -0.05) is 67.6 Å². The van der Waals surface area contributed by atoms with Gasteiger partial charge in [0.15, 0.2) is 0 Å². The lowest BCUT2D eigenvalue weighted by molar-refractivity contribution is 0.280. The molecule has 0 bridgehead atoms. The van der Waals surface area contributed by atoms with E-state index in [1.54, 1.807) is 0 Å². The molecule has 2 rings (SSSR count). The van der Waals surface area contributed by atoms with Crippen molar-refractivity contribution in [3.63, 3.8) is 0 Å². The van der Waals surface area contributed by atoms with Gasteiger partial charge in [0, 0.05) is 18.5 Å². The fourth-order valence-corrected chi connectivity index (χ4v) is 2.41. The number of aliphatic hydroxyl groups is 1. The lowest BCUT2D eigenvalue weighted by atomic mass is 9.88. The number of rotatable bonds is 6. The van der Waals surface area contributed by atoms with Gasteiger partial charge in [-0.15, -0.1) is 0 Å². The van der Waals surface area contributed by atoms with Gasteiger partial charge in [0.25, 0.3) is 0 Å². The van der Waals surface area contributed by atoms with E-state index in [1.165, 1.54) is 11.1 Å². The normalized spacial score (nSPS) is 14.0. The molecule has 2 nitrogen and oxygen atoms in total. The van der Waals surface area contributed by atoms with Crippen LogP contribution in [0.2, 0.25) is 0 Å². The zero-order chi connectivity index (χ0) is 13.5. The highest BCUT2D eigenvalue weighted by atomic mass is 16.3. The Morgan fingerprint density at radius 1 is 0.895 bits per heavy atom. The first-order valence-electron chi connectivity index (χ1n) is 6.77. The molecule has 19 heavy (non-hydrogen) atoms. The third kappa shape index (κ3) is 3.66. The van der Waals surface area contributed by atoms with Gasteiger partial charge in [-0.3, -0.25) is 0 Å². The van der Waals surface area contributed by atoms with E-state index in [4.69, 9.17) is 5.11 Å². The van der Waals surface area contributed by atoms with Crippen LogP contribution in [-0.4, -0.2) is 18.3 Å². The highest BCUT2D eigenvalue weighted by molar-refractivity contribution is 5.27. The monoisotopic (exact) mass is 255 g/mol. The minimum atomic E-state index is 0.158. The van der Waals surface area contributed by atoms with Crippen molar-refractivity contribution in [1.29, 1.82) is 0 Å². The molecule has 0 unspecified atom stereocenters. The average molecular weight is 255 g/mol. The van der Waals surface area contributed by atoms with E-state index >= 15 is 0 Å². The maximum atomic E-state index is 9.05. The van der Waals surface area contributed by atoms with Crippen molar-refractivity contribution in [2.75, 3.05) is 13.2 Å². The van der Waals surface area contributed by atoms with Crippen LogP contribution in [0.3, 0.4) is 0 Å². The predicted molar refractivity (Wildman–Crippen MR) is 79.1 cm³/mol. The lowest BCUT2D eigenvalue weighted by Crippen LogP contribution is -2.28. The van der Waals surface area contributed by atoms with E-state index < -0.39 is 0 Å². The van der Waals surface area contributed by atoms with E-state index in [0.717, 1.165) is 0 Å². The van der Waals surface area contributed by atoms with Crippen LogP contribution in [0.15, 0.2) is 60.7 Å². The molecule has 0 saturated heterocycles. The van der Waals surface area contributed by atoms with Crippen molar-refractivity contribution in [3.8, 4) is 0 Å². The molecule has 2 atom stereocenters. The maximum absolute atomic E-state index is 9.05. The van der Waals surface area contributed by atoms with Crippen LogP contribution in [-0.2, 0) is 0 Å². The van der Waals surface area contributed by atoms with Crippen LogP contribution in [0, 0.1) is 0 Å². The molecule has 0 radical (unpaired) electrons. The second kappa shape index (κ2) is 7.07. The second-order valence-corrected chi connectivity index (χ2v) is 4.77. The zero-order valence-corrected chi connectivity index (χ0v) is 11.3. The van der Waals surface area contributed by atoms with Crippen LogP contribution in [0.5, 0.6) is 0 Å². The molecule has 2 aromatic rings. The smallest absolute Gasteiger partial charge is 0.0556 e. The van der Waals surface area contributed by atoms with Gasteiger partial charge >= 0.3 is 0 Å². The minimum absolute atomic E-state index is 0.158. The number of hydrogen-bond donors (Lipinski definition) is 2. The molecule has 2 aromatic carbocycles. The zero-order valence-electron chi connectivity index (χ0n) is 11.3. The Morgan fingerprint density at radius 2 is 1.42 bits per heavy atom. The summed E-state index contributed by atoms with van der Waals surface area (Å²) in [6.07, 6.45) is 0. The van der Waals surface area contributed by atoms with Crippen molar-refractivity contribution in [3.05, 3.63) is 71.8 Å². The molecular formula is C17H21NO. The first-order chi connectivity index (χ1) is 9.33. The molecule has 0 spiro atoms. The van der Waals surface area contributed by atoms with Crippen molar-refractivity contribution >= 4 is 0 Å². The highest BCUT2D eigenvalue weighted by Crippen LogP contribution is 2.30. The summed E-state index contributed by atoms with van der Waals surface area (Å²) >= 11 is 0. The van der Waals surface area contributed by atoms with E-state index in [-0.39, 0.29) is 12.6 Å². The van der Waals surface area contributed by atoms with Gasteiger partial charge in [-0.2, -0.15) is 0 Å². The predicted octanol–water partition coefficient (Wildman–Crippen LogP) is 3.11. The summed E-state index contributed by atoms with van der Waals surface area (Å²) in [5, 5.41) is 12.5. The summed E-state index contributed by atoms with van der Waals surface area (Å²) in [6, 6.07) is 21.1. The average Bonchev–Trinajstić information content (AvgIpc) is 2.49. The molecule has 2 N–H and O–H groups in total. The van der Waals surface area contributed by atoms with E-state index in [9.17, 15) is 0 Å². The van der Waals surface area contributed by atoms with Crippen LogP contribution >= 0.6 is 0 Å². The Kier molecular flexibility index (Phi) is 5.13. The molecule has 0 aromatic heterocycles. The minimum Gasteiger partial charge on any atom is -0.395 e. The van der Waals surface area contributed by atoms with E-state index in [0.29, 0.717) is 12.5 Å². The van der Waals surface area contributed by atoms with Crippen LogP contribution < -0.4 is 5.32 Å². The Balaban J connectivity index is 2.22. The summed E-state index contributed by atoms with van der Waals surface area (Å²) < 4.78 is 0. The number of aliphatic hydroxyl groups excluding tert-OH is 1. The van der Waals surface area contributed by atoms with Gasteiger partial charge < -0.3 is 10.4 Å². The lowest BCUT2D eigenvalue weighted by Gasteiger charge is -2.26. The fraction of sp³-hybridized carbons (Fsp3) is 0.294. The standard InChI is InChI=1S/C17H21NO/c1-14(15-8-4-2-5-9-15)17(18-12-13-19)16-10-6-3-7-11-16/h2-11,14,17-19H,12-13H2,1H3/t14-,17-/m0/s1. The topological polar surface area (TPSA) is 32.3 Å². The molecule has 100 valence electrons. The van der Waals surface area contributed by atoms with Gasteiger partial charge in [-0.05, 0) is 11.1 Å². The molecule has 0 saturated carbocycles. The van der Waals surface area contributed by atoms with Crippen LogP contribution in [0.4, 0.5) is 0 Å². The Hall–Kier alpha value is -1.64. The first-order valence-corrected chi connectivity index (χ1v) is 6.77. The van der Waals surface area contributed by atoms with Gasteiger partial charge in [-0.25, -0.2) is 0 Å². The summed E-state index contributed by atoms with van der Waals surface area (Å²) in [5.41, 5.74) is 2.56. The first kappa shape index (κ1) is 13.8. The molecule has 0 heterocycles. The third-order valence-electron chi connectivity index (χ3n) is 3.46. The summed E-state index contributed by atoms with van der Waals surface area (Å²) in [5.74, 6) is 0.357. The molecule has 0 fully saturated rings. The second-order valence-electron chi connectivity index (χ2n) is 4.77.